The van der Waals surface area contributed by atoms with Crippen molar-refractivity contribution >= 4 is 50.7 Å². The molecular formula is C32H37Cl2N3O4S. The van der Waals surface area contributed by atoms with E-state index in [0.29, 0.717) is 6.42 Å². The summed E-state index contributed by atoms with van der Waals surface area (Å²) in [5.41, 5.74) is 1.97. The van der Waals surface area contributed by atoms with Gasteiger partial charge in [-0.05, 0) is 62.9 Å². The van der Waals surface area contributed by atoms with Crippen LogP contribution in [-0.2, 0) is 26.0 Å². The molecule has 4 rings (SSSR count). The Morgan fingerprint density at radius 2 is 1.60 bits per heavy atom. The lowest BCUT2D eigenvalue weighted by molar-refractivity contribution is -0.139. The monoisotopic (exact) mass is 629 g/mol. The average molecular weight is 631 g/mol. The van der Waals surface area contributed by atoms with E-state index in [9.17, 15) is 18.0 Å². The molecule has 1 N–H and O–H groups in total. The molecule has 0 radical (unpaired) electrons. The minimum Gasteiger partial charge on any atom is -0.352 e. The molecular weight excluding hydrogens is 593 g/mol. The maximum Gasteiger partial charge on any atom is 0.264 e. The number of sulfonamides is 1. The summed E-state index contributed by atoms with van der Waals surface area (Å²) in [5, 5.41) is 3.29. The van der Waals surface area contributed by atoms with Gasteiger partial charge in [0.2, 0.25) is 11.8 Å². The normalized spacial score (nSPS) is 14.7. The standard InChI is InChI=1S/C32H37Cl2N3O4S/c1-23-16-18-27(19-17-23)42(40,41)37(29-15-9-14-28(33)31(29)34)22-30(38)36(21-20-25-10-5-3-6-11-25)24(2)32(39)35-26-12-7-4-8-13-26/h3,5-6,9-11,14-19,24,26H,4,7-8,12-13,20-22H2,1-2H3,(H,35,39)/t24-/m0/s1. The zero-order valence-electron chi connectivity index (χ0n) is 23.9. The number of benzene rings is 3. The zero-order chi connectivity index (χ0) is 30.3. The maximum absolute atomic E-state index is 14.1. The van der Waals surface area contributed by atoms with Crippen molar-refractivity contribution in [2.45, 2.75) is 69.4 Å². The van der Waals surface area contributed by atoms with Crippen LogP contribution in [0, 0.1) is 6.92 Å². The van der Waals surface area contributed by atoms with Gasteiger partial charge in [0.1, 0.15) is 12.6 Å². The summed E-state index contributed by atoms with van der Waals surface area (Å²) >= 11 is 12.8. The van der Waals surface area contributed by atoms with Crippen LogP contribution in [0.1, 0.15) is 50.2 Å². The number of nitrogens with one attached hydrogen (secondary N) is 1. The Hall–Kier alpha value is -3.07. The number of halogens is 2. The van der Waals surface area contributed by atoms with Gasteiger partial charge >= 0.3 is 0 Å². The number of hydrogen-bond donors (Lipinski definition) is 1. The molecule has 0 aliphatic heterocycles. The Bertz CT molecular complexity index is 1480. The first-order valence-electron chi connectivity index (χ1n) is 14.2. The number of anilines is 1. The second kappa shape index (κ2) is 14.4. The molecule has 1 aliphatic rings. The summed E-state index contributed by atoms with van der Waals surface area (Å²) in [4.78, 5) is 28.9. The van der Waals surface area contributed by atoms with Crippen LogP contribution >= 0.6 is 23.2 Å². The van der Waals surface area contributed by atoms with Crippen molar-refractivity contribution in [2.24, 2.45) is 0 Å². The van der Waals surface area contributed by atoms with Crippen molar-refractivity contribution in [2.75, 3.05) is 17.4 Å². The predicted octanol–water partition coefficient (Wildman–Crippen LogP) is 6.41. The molecule has 42 heavy (non-hydrogen) atoms. The number of nitrogens with zero attached hydrogens (tertiary/aromatic N) is 2. The van der Waals surface area contributed by atoms with Crippen LogP contribution < -0.4 is 9.62 Å². The molecule has 0 saturated heterocycles. The minimum atomic E-state index is -4.23. The second-order valence-electron chi connectivity index (χ2n) is 10.7. The van der Waals surface area contributed by atoms with E-state index in [4.69, 9.17) is 23.2 Å². The van der Waals surface area contributed by atoms with Crippen LogP contribution in [0.2, 0.25) is 10.0 Å². The predicted molar refractivity (Wildman–Crippen MR) is 169 cm³/mol. The quantitative estimate of drug-likeness (QED) is 0.266. The third-order valence-corrected chi connectivity index (χ3v) is 10.3. The fourth-order valence-corrected chi connectivity index (χ4v) is 7.05. The molecule has 2 amide bonds. The van der Waals surface area contributed by atoms with E-state index in [1.54, 1.807) is 31.2 Å². The number of aryl methyl sites for hydroxylation is 1. The highest BCUT2D eigenvalue weighted by Gasteiger charge is 2.34. The summed E-state index contributed by atoms with van der Waals surface area (Å²) in [7, 11) is -4.23. The van der Waals surface area contributed by atoms with E-state index in [1.165, 1.54) is 23.1 Å². The SMILES string of the molecule is Cc1ccc(S(=O)(=O)N(CC(=O)N(CCc2ccccc2)[C@@H](C)C(=O)NC2CCCCC2)c2cccc(Cl)c2Cl)cc1. The molecule has 1 saturated carbocycles. The highest BCUT2D eigenvalue weighted by atomic mass is 35.5. The van der Waals surface area contributed by atoms with Gasteiger partial charge in [-0.3, -0.25) is 13.9 Å². The van der Waals surface area contributed by atoms with Gasteiger partial charge in [-0.15, -0.1) is 0 Å². The van der Waals surface area contributed by atoms with Crippen molar-refractivity contribution in [1.82, 2.24) is 10.2 Å². The molecule has 10 heteroatoms. The third-order valence-electron chi connectivity index (χ3n) is 7.69. The molecule has 1 atom stereocenters. The van der Waals surface area contributed by atoms with Crippen LogP contribution in [0.4, 0.5) is 5.69 Å². The van der Waals surface area contributed by atoms with E-state index < -0.39 is 28.5 Å². The number of amides is 2. The van der Waals surface area contributed by atoms with Crippen molar-refractivity contribution < 1.29 is 18.0 Å². The van der Waals surface area contributed by atoms with Gasteiger partial charge in [0.05, 0.1) is 20.6 Å². The van der Waals surface area contributed by atoms with E-state index in [1.807, 2.05) is 37.3 Å². The molecule has 3 aromatic carbocycles. The molecule has 0 unspecified atom stereocenters. The maximum atomic E-state index is 14.1. The fourth-order valence-electron chi connectivity index (χ4n) is 5.17. The number of rotatable bonds is 11. The first-order valence-corrected chi connectivity index (χ1v) is 16.4. The molecule has 0 heterocycles. The molecule has 0 bridgehead atoms. The molecule has 0 spiro atoms. The largest absolute Gasteiger partial charge is 0.352 e. The summed E-state index contributed by atoms with van der Waals surface area (Å²) in [6.45, 7) is 3.21. The lowest BCUT2D eigenvalue weighted by atomic mass is 9.95. The summed E-state index contributed by atoms with van der Waals surface area (Å²) in [6, 6.07) is 19.9. The van der Waals surface area contributed by atoms with Crippen molar-refractivity contribution in [3.8, 4) is 0 Å². The molecule has 0 aromatic heterocycles. The second-order valence-corrected chi connectivity index (χ2v) is 13.4. The van der Waals surface area contributed by atoms with Gasteiger partial charge in [0.25, 0.3) is 10.0 Å². The summed E-state index contributed by atoms with van der Waals surface area (Å²) in [5.74, 6) is -0.777. The lowest BCUT2D eigenvalue weighted by Gasteiger charge is -2.33. The van der Waals surface area contributed by atoms with Crippen LogP contribution in [0.15, 0.2) is 77.7 Å². The Morgan fingerprint density at radius 1 is 0.929 bits per heavy atom. The molecule has 1 aliphatic carbocycles. The van der Waals surface area contributed by atoms with Crippen LogP contribution in [0.3, 0.4) is 0 Å². The van der Waals surface area contributed by atoms with Crippen LogP contribution in [0.25, 0.3) is 0 Å². The van der Waals surface area contributed by atoms with E-state index >= 15 is 0 Å². The Kier molecular flexibility index (Phi) is 10.9. The highest BCUT2D eigenvalue weighted by molar-refractivity contribution is 7.92. The van der Waals surface area contributed by atoms with E-state index in [2.05, 4.69) is 5.32 Å². The van der Waals surface area contributed by atoms with Crippen molar-refractivity contribution in [3.05, 3.63) is 94.0 Å². The topological polar surface area (TPSA) is 86.8 Å². The third kappa shape index (κ3) is 7.85. The van der Waals surface area contributed by atoms with Gasteiger partial charge in [-0.25, -0.2) is 8.42 Å². The molecule has 7 nitrogen and oxygen atoms in total. The van der Waals surface area contributed by atoms with Crippen molar-refractivity contribution in [1.29, 1.82) is 0 Å². The van der Waals surface area contributed by atoms with Gasteiger partial charge in [0, 0.05) is 12.6 Å². The Labute approximate surface area is 258 Å². The minimum absolute atomic E-state index is 0.0101. The smallest absolute Gasteiger partial charge is 0.264 e. The Morgan fingerprint density at radius 3 is 2.26 bits per heavy atom. The summed E-state index contributed by atoms with van der Waals surface area (Å²) < 4.78 is 29.0. The lowest BCUT2D eigenvalue weighted by Crippen LogP contribution is -2.53. The summed E-state index contributed by atoms with van der Waals surface area (Å²) in [6.07, 6.45) is 5.58. The highest BCUT2D eigenvalue weighted by Crippen LogP contribution is 2.35. The average Bonchev–Trinajstić information content (AvgIpc) is 2.98. The fraction of sp³-hybridized carbons (Fsp3) is 0.375. The Balaban J connectivity index is 1.67. The molecule has 224 valence electrons. The first kappa shape index (κ1) is 31.9. The number of hydrogen-bond acceptors (Lipinski definition) is 4. The van der Waals surface area contributed by atoms with Crippen molar-refractivity contribution in [3.63, 3.8) is 0 Å². The number of carbonyl (C=O) groups excluding carboxylic acids is 2. The van der Waals surface area contributed by atoms with E-state index in [-0.39, 0.29) is 39.1 Å². The molecule has 3 aromatic rings. The van der Waals surface area contributed by atoms with Crippen LogP contribution in [0.5, 0.6) is 0 Å². The van der Waals surface area contributed by atoms with E-state index in [0.717, 1.165) is 47.5 Å². The zero-order valence-corrected chi connectivity index (χ0v) is 26.3. The molecule has 1 fully saturated rings. The van der Waals surface area contributed by atoms with Crippen LogP contribution in [-0.4, -0.2) is 50.3 Å². The van der Waals surface area contributed by atoms with Gasteiger partial charge in [0.15, 0.2) is 0 Å². The first-order chi connectivity index (χ1) is 20.1. The number of carbonyl (C=O) groups is 2. The van der Waals surface area contributed by atoms with Gasteiger partial charge in [-0.1, -0.05) is 96.6 Å². The van der Waals surface area contributed by atoms with Gasteiger partial charge < -0.3 is 10.2 Å². The van der Waals surface area contributed by atoms with Gasteiger partial charge in [-0.2, -0.15) is 0 Å².